The van der Waals surface area contributed by atoms with Crippen molar-refractivity contribution < 1.29 is 4.74 Å². The predicted molar refractivity (Wildman–Crippen MR) is 74.8 cm³/mol. The highest BCUT2D eigenvalue weighted by molar-refractivity contribution is 9.10. The summed E-state index contributed by atoms with van der Waals surface area (Å²) in [5.41, 5.74) is 6.18. The molecule has 4 heteroatoms. The van der Waals surface area contributed by atoms with Crippen molar-refractivity contribution in [3.05, 3.63) is 28.2 Å². The predicted octanol–water partition coefficient (Wildman–Crippen LogP) is 3.69. The molecule has 0 aliphatic rings. The summed E-state index contributed by atoms with van der Waals surface area (Å²) < 4.78 is 6.48. The molecule has 0 aliphatic heterocycles. The SMILES string of the molecule is CCCCCCOc1cccc(Br)c1C(=N)N. The summed E-state index contributed by atoms with van der Waals surface area (Å²) in [6.07, 6.45) is 4.68. The third-order valence-corrected chi connectivity index (χ3v) is 3.16. The van der Waals surface area contributed by atoms with Gasteiger partial charge in [0.05, 0.1) is 12.2 Å². The number of benzene rings is 1. The summed E-state index contributed by atoms with van der Waals surface area (Å²) in [5, 5.41) is 7.53. The third kappa shape index (κ3) is 4.38. The Balaban J connectivity index is 2.58. The normalized spacial score (nSPS) is 10.2. The molecule has 0 radical (unpaired) electrons. The summed E-state index contributed by atoms with van der Waals surface area (Å²) >= 11 is 3.38. The average molecular weight is 299 g/mol. The van der Waals surface area contributed by atoms with E-state index in [2.05, 4.69) is 22.9 Å². The monoisotopic (exact) mass is 298 g/mol. The van der Waals surface area contributed by atoms with Crippen LogP contribution < -0.4 is 10.5 Å². The maximum absolute atomic E-state index is 7.53. The van der Waals surface area contributed by atoms with Crippen LogP contribution in [0.5, 0.6) is 5.75 Å². The Bertz CT molecular complexity index is 380. The number of amidine groups is 1. The Kier molecular flexibility index (Phi) is 6.05. The Morgan fingerprint density at radius 2 is 2.12 bits per heavy atom. The molecule has 0 spiro atoms. The van der Waals surface area contributed by atoms with Crippen LogP contribution in [0.15, 0.2) is 22.7 Å². The van der Waals surface area contributed by atoms with Crippen LogP contribution in [0.4, 0.5) is 0 Å². The molecule has 0 fully saturated rings. The van der Waals surface area contributed by atoms with Crippen LogP contribution in [0, 0.1) is 5.41 Å². The number of nitrogen functional groups attached to an aromatic ring is 1. The Labute approximate surface area is 111 Å². The Morgan fingerprint density at radius 1 is 1.35 bits per heavy atom. The summed E-state index contributed by atoms with van der Waals surface area (Å²) in [7, 11) is 0. The van der Waals surface area contributed by atoms with Gasteiger partial charge in [-0.15, -0.1) is 0 Å². The van der Waals surface area contributed by atoms with Crippen molar-refractivity contribution in [2.24, 2.45) is 5.73 Å². The van der Waals surface area contributed by atoms with Gasteiger partial charge in [0, 0.05) is 4.47 Å². The molecule has 0 amide bonds. The first-order valence-corrected chi connectivity index (χ1v) is 6.71. The summed E-state index contributed by atoms with van der Waals surface area (Å²) in [6.45, 7) is 2.86. The number of halogens is 1. The number of hydrogen-bond donors (Lipinski definition) is 2. The van der Waals surface area contributed by atoms with Gasteiger partial charge in [0.25, 0.3) is 0 Å². The molecule has 0 aromatic heterocycles. The highest BCUT2D eigenvalue weighted by Gasteiger charge is 2.10. The number of nitrogens with one attached hydrogen (secondary N) is 1. The lowest BCUT2D eigenvalue weighted by Gasteiger charge is -2.11. The number of unbranched alkanes of at least 4 members (excludes halogenated alkanes) is 3. The highest BCUT2D eigenvalue weighted by atomic mass is 79.9. The zero-order valence-corrected chi connectivity index (χ0v) is 11.7. The number of ether oxygens (including phenoxy) is 1. The second kappa shape index (κ2) is 7.33. The molecule has 0 heterocycles. The molecule has 0 bridgehead atoms. The van der Waals surface area contributed by atoms with E-state index in [4.69, 9.17) is 15.9 Å². The molecule has 17 heavy (non-hydrogen) atoms. The number of nitrogens with two attached hydrogens (primary N) is 1. The minimum atomic E-state index is 0.0287. The van der Waals surface area contributed by atoms with E-state index in [-0.39, 0.29) is 5.84 Å². The van der Waals surface area contributed by atoms with Crippen molar-refractivity contribution in [2.45, 2.75) is 32.6 Å². The maximum atomic E-state index is 7.53. The number of rotatable bonds is 7. The highest BCUT2D eigenvalue weighted by Crippen LogP contribution is 2.26. The first-order chi connectivity index (χ1) is 8.16. The molecule has 0 saturated carbocycles. The van der Waals surface area contributed by atoms with Gasteiger partial charge in [0.1, 0.15) is 11.6 Å². The molecule has 0 atom stereocenters. The molecule has 0 aliphatic carbocycles. The smallest absolute Gasteiger partial charge is 0.131 e. The van der Waals surface area contributed by atoms with Gasteiger partial charge in [0.2, 0.25) is 0 Å². The van der Waals surface area contributed by atoms with E-state index in [9.17, 15) is 0 Å². The molecule has 94 valence electrons. The van der Waals surface area contributed by atoms with Crippen molar-refractivity contribution in [2.75, 3.05) is 6.61 Å². The van der Waals surface area contributed by atoms with Crippen LogP contribution in [0.3, 0.4) is 0 Å². The van der Waals surface area contributed by atoms with Gasteiger partial charge in [-0.2, -0.15) is 0 Å². The van der Waals surface area contributed by atoms with Crippen molar-refractivity contribution in [3.8, 4) is 5.75 Å². The molecular formula is C13H19BrN2O. The van der Waals surface area contributed by atoms with Gasteiger partial charge in [-0.25, -0.2) is 0 Å². The van der Waals surface area contributed by atoms with Crippen molar-refractivity contribution >= 4 is 21.8 Å². The van der Waals surface area contributed by atoms with Gasteiger partial charge in [-0.05, 0) is 34.5 Å². The fraction of sp³-hybridized carbons (Fsp3) is 0.462. The first kappa shape index (κ1) is 14.0. The van der Waals surface area contributed by atoms with Crippen LogP contribution in [-0.2, 0) is 0 Å². The fourth-order valence-corrected chi connectivity index (χ4v) is 2.16. The van der Waals surface area contributed by atoms with Crippen LogP contribution in [0.25, 0.3) is 0 Å². The van der Waals surface area contributed by atoms with Crippen LogP contribution in [0.2, 0.25) is 0 Å². The van der Waals surface area contributed by atoms with E-state index in [0.717, 1.165) is 10.9 Å². The minimum Gasteiger partial charge on any atom is -0.493 e. The van der Waals surface area contributed by atoms with E-state index >= 15 is 0 Å². The lowest BCUT2D eigenvalue weighted by Crippen LogP contribution is -2.14. The van der Waals surface area contributed by atoms with E-state index in [1.54, 1.807) is 0 Å². The van der Waals surface area contributed by atoms with Crippen molar-refractivity contribution in [1.82, 2.24) is 0 Å². The zero-order chi connectivity index (χ0) is 12.7. The Hall–Kier alpha value is -1.03. The first-order valence-electron chi connectivity index (χ1n) is 5.92. The summed E-state index contributed by atoms with van der Waals surface area (Å²) in [4.78, 5) is 0. The maximum Gasteiger partial charge on any atom is 0.131 e. The molecule has 3 nitrogen and oxygen atoms in total. The number of hydrogen-bond acceptors (Lipinski definition) is 2. The third-order valence-electron chi connectivity index (χ3n) is 2.50. The lowest BCUT2D eigenvalue weighted by molar-refractivity contribution is 0.304. The van der Waals surface area contributed by atoms with Gasteiger partial charge >= 0.3 is 0 Å². The second-order valence-electron chi connectivity index (χ2n) is 3.94. The fourth-order valence-electron chi connectivity index (χ4n) is 1.60. The van der Waals surface area contributed by atoms with Crippen LogP contribution in [0.1, 0.15) is 38.2 Å². The zero-order valence-electron chi connectivity index (χ0n) is 10.1. The molecule has 3 N–H and O–H groups in total. The molecular weight excluding hydrogens is 280 g/mol. The van der Waals surface area contributed by atoms with E-state index in [0.29, 0.717) is 17.9 Å². The van der Waals surface area contributed by atoms with E-state index < -0.39 is 0 Å². The van der Waals surface area contributed by atoms with Crippen molar-refractivity contribution in [1.29, 1.82) is 5.41 Å². The summed E-state index contributed by atoms with van der Waals surface area (Å²) in [6, 6.07) is 5.60. The Morgan fingerprint density at radius 3 is 2.76 bits per heavy atom. The van der Waals surface area contributed by atoms with Gasteiger partial charge < -0.3 is 10.5 Å². The molecule has 1 aromatic rings. The lowest BCUT2D eigenvalue weighted by atomic mass is 10.2. The van der Waals surface area contributed by atoms with Crippen molar-refractivity contribution in [3.63, 3.8) is 0 Å². The van der Waals surface area contributed by atoms with E-state index in [1.165, 1.54) is 19.3 Å². The van der Waals surface area contributed by atoms with E-state index in [1.807, 2.05) is 18.2 Å². The molecule has 1 rings (SSSR count). The van der Waals surface area contributed by atoms with Gasteiger partial charge in [-0.3, -0.25) is 5.41 Å². The molecule has 1 aromatic carbocycles. The quantitative estimate of drug-likeness (QED) is 0.458. The molecule has 0 saturated heterocycles. The van der Waals surface area contributed by atoms with Gasteiger partial charge in [0.15, 0.2) is 0 Å². The topological polar surface area (TPSA) is 59.1 Å². The average Bonchev–Trinajstić information content (AvgIpc) is 2.28. The largest absolute Gasteiger partial charge is 0.493 e. The second-order valence-corrected chi connectivity index (χ2v) is 4.79. The van der Waals surface area contributed by atoms with Crippen LogP contribution in [-0.4, -0.2) is 12.4 Å². The molecule has 0 unspecified atom stereocenters. The van der Waals surface area contributed by atoms with Crippen LogP contribution >= 0.6 is 15.9 Å². The minimum absolute atomic E-state index is 0.0287. The standard InChI is InChI=1S/C13H19BrN2O/c1-2-3-4-5-9-17-11-8-6-7-10(14)12(11)13(15)16/h6-8H,2-5,9H2,1H3,(H3,15,16). The van der Waals surface area contributed by atoms with Gasteiger partial charge in [-0.1, -0.05) is 32.3 Å². The summed E-state index contributed by atoms with van der Waals surface area (Å²) in [5.74, 6) is 0.712.